The van der Waals surface area contributed by atoms with Crippen molar-refractivity contribution < 1.29 is 4.39 Å². The number of piperidine rings is 1. The summed E-state index contributed by atoms with van der Waals surface area (Å²) in [5.41, 5.74) is 0.858. The van der Waals surface area contributed by atoms with Gasteiger partial charge in [0.2, 0.25) is 0 Å². The molecule has 0 unspecified atom stereocenters. The van der Waals surface area contributed by atoms with Crippen LogP contribution in [0.25, 0.3) is 0 Å². The number of anilines is 2. The zero-order chi connectivity index (χ0) is 17.2. The molecule has 1 aliphatic carbocycles. The molecule has 0 bridgehead atoms. The second-order valence-electron chi connectivity index (χ2n) is 6.67. The molecule has 2 heterocycles. The summed E-state index contributed by atoms with van der Waals surface area (Å²) in [5.74, 6) is 0.673. The molecule has 0 N–H and O–H groups in total. The van der Waals surface area contributed by atoms with Crippen molar-refractivity contribution in [2.24, 2.45) is 0 Å². The Morgan fingerprint density at radius 1 is 1.12 bits per heavy atom. The van der Waals surface area contributed by atoms with Crippen molar-refractivity contribution in [1.82, 2.24) is 9.97 Å². The van der Waals surface area contributed by atoms with E-state index in [1.807, 2.05) is 11.0 Å². The molecule has 0 radical (unpaired) electrons. The van der Waals surface area contributed by atoms with Crippen LogP contribution in [0.15, 0.2) is 36.8 Å². The largest absolute Gasteiger partial charge is 0.368 e. The molecule has 0 atom stereocenters. The Bertz CT molecular complexity index is 776. The molecule has 25 heavy (non-hydrogen) atoms. The summed E-state index contributed by atoms with van der Waals surface area (Å²) in [7, 11) is 0. The Hall–Kier alpha value is -2.68. The fourth-order valence-electron chi connectivity index (χ4n) is 3.76. The lowest BCUT2D eigenvalue weighted by Gasteiger charge is -2.40. The molecule has 0 spiro atoms. The quantitative estimate of drug-likeness (QED) is 0.858. The molecular formula is C19H20FN5. The first kappa shape index (κ1) is 15.8. The molecule has 128 valence electrons. The van der Waals surface area contributed by atoms with Gasteiger partial charge < -0.3 is 9.80 Å². The highest BCUT2D eigenvalue weighted by Crippen LogP contribution is 2.36. The molecule has 1 aliphatic heterocycles. The monoisotopic (exact) mass is 337 g/mol. The minimum absolute atomic E-state index is 0.313. The predicted molar refractivity (Wildman–Crippen MR) is 93.9 cm³/mol. The molecule has 2 fully saturated rings. The van der Waals surface area contributed by atoms with E-state index in [0.29, 0.717) is 23.3 Å². The maximum absolute atomic E-state index is 14.3. The van der Waals surface area contributed by atoms with Crippen LogP contribution in [0.4, 0.5) is 15.9 Å². The fraction of sp³-hybridized carbons (Fsp3) is 0.421. The maximum Gasteiger partial charge on any atom is 0.147 e. The third kappa shape index (κ3) is 3.14. The molecule has 1 saturated heterocycles. The van der Waals surface area contributed by atoms with Gasteiger partial charge in [0.25, 0.3) is 0 Å². The Morgan fingerprint density at radius 3 is 2.52 bits per heavy atom. The van der Waals surface area contributed by atoms with Crippen LogP contribution in [-0.2, 0) is 0 Å². The lowest BCUT2D eigenvalue weighted by atomic mass is 10.0. The number of halogens is 1. The van der Waals surface area contributed by atoms with Crippen LogP contribution in [0.2, 0.25) is 0 Å². The second-order valence-corrected chi connectivity index (χ2v) is 6.67. The second kappa shape index (κ2) is 6.67. The van der Waals surface area contributed by atoms with Gasteiger partial charge >= 0.3 is 0 Å². The van der Waals surface area contributed by atoms with Crippen LogP contribution in [0.1, 0.15) is 31.2 Å². The van der Waals surface area contributed by atoms with E-state index in [4.69, 9.17) is 0 Å². The summed E-state index contributed by atoms with van der Waals surface area (Å²) in [6, 6.07) is 9.75. The summed E-state index contributed by atoms with van der Waals surface area (Å²) >= 11 is 0. The first-order chi connectivity index (χ1) is 12.3. The van der Waals surface area contributed by atoms with Crippen LogP contribution in [0.3, 0.4) is 0 Å². The van der Waals surface area contributed by atoms with Crippen LogP contribution in [0, 0.1) is 17.1 Å². The average Bonchev–Trinajstić information content (AvgIpc) is 3.48. The van der Waals surface area contributed by atoms with Gasteiger partial charge in [0.1, 0.15) is 24.0 Å². The summed E-state index contributed by atoms with van der Waals surface area (Å²) < 4.78 is 14.3. The minimum Gasteiger partial charge on any atom is -0.368 e. The van der Waals surface area contributed by atoms with E-state index >= 15 is 0 Å². The van der Waals surface area contributed by atoms with E-state index in [0.717, 1.165) is 31.7 Å². The van der Waals surface area contributed by atoms with Gasteiger partial charge in [0.05, 0.1) is 11.3 Å². The molecule has 2 aromatic rings. The number of aromatic nitrogens is 2. The van der Waals surface area contributed by atoms with Crippen molar-refractivity contribution in [3.63, 3.8) is 0 Å². The zero-order valence-electron chi connectivity index (χ0n) is 14.0. The normalized spacial score (nSPS) is 18.0. The number of nitrogens with zero attached hydrogens (tertiary/aromatic N) is 5. The van der Waals surface area contributed by atoms with Gasteiger partial charge in [-0.05, 0) is 43.9 Å². The first-order valence-corrected chi connectivity index (χ1v) is 8.76. The van der Waals surface area contributed by atoms with Crippen LogP contribution in [-0.4, -0.2) is 35.1 Å². The van der Waals surface area contributed by atoms with E-state index in [2.05, 4.69) is 20.9 Å². The van der Waals surface area contributed by atoms with E-state index < -0.39 is 0 Å². The van der Waals surface area contributed by atoms with E-state index in [-0.39, 0.29) is 5.82 Å². The molecule has 1 aromatic carbocycles. The highest BCUT2D eigenvalue weighted by molar-refractivity contribution is 5.60. The molecule has 0 amide bonds. The molecule has 4 rings (SSSR count). The van der Waals surface area contributed by atoms with Crippen LogP contribution in [0.5, 0.6) is 0 Å². The van der Waals surface area contributed by atoms with Crippen LogP contribution >= 0.6 is 0 Å². The van der Waals surface area contributed by atoms with Crippen molar-refractivity contribution in [3.05, 3.63) is 48.2 Å². The number of rotatable bonds is 4. The third-order valence-corrected chi connectivity index (χ3v) is 5.05. The molecule has 1 saturated carbocycles. The Balaban J connectivity index is 1.51. The number of hydrogen-bond acceptors (Lipinski definition) is 5. The Kier molecular flexibility index (Phi) is 4.22. The number of benzene rings is 1. The van der Waals surface area contributed by atoms with E-state index in [9.17, 15) is 9.65 Å². The Labute approximate surface area is 146 Å². The molecular weight excluding hydrogens is 317 g/mol. The summed E-state index contributed by atoms with van der Waals surface area (Å²) in [4.78, 5) is 12.9. The van der Waals surface area contributed by atoms with E-state index in [1.165, 1.54) is 18.9 Å². The van der Waals surface area contributed by atoms with Gasteiger partial charge in [0, 0.05) is 31.4 Å². The van der Waals surface area contributed by atoms with Gasteiger partial charge in [-0.15, -0.1) is 0 Å². The first-order valence-electron chi connectivity index (χ1n) is 8.76. The lowest BCUT2D eigenvalue weighted by Crippen LogP contribution is -2.46. The molecule has 6 heteroatoms. The van der Waals surface area contributed by atoms with Crippen LogP contribution < -0.4 is 9.80 Å². The van der Waals surface area contributed by atoms with Gasteiger partial charge in [-0.3, -0.25) is 0 Å². The standard InChI is InChI=1S/C19H20FN5/c20-17-3-1-2-14(12-21)19(17)24-10-7-16(8-11-24)25(15-4-5-15)18-6-9-22-13-23-18/h1-3,6,9,13,15-16H,4-5,7-8,10-11H2. The van der Waals surface area contributed by atoms with Gasteiger partial charge in [0.15, 0.2) is 0 Å². The molecule has 5 nitrogen and oxygen atoms in total. The number of hydrogen-bond donors (Lipinski definition) is 0. The van der Waals surface area contributed by atoms with Crippen molar-refractivity contribution in [1.29, 1.82) is 5.26 Å². The number of nitriles is 1. The minimum atomic E-state index is -0.313. The maximum atomic E-state index is 14.3. The van der Waals surface area contributed by atoms with Crippen molar-refractivity contribution in [2.45, 2.75) is 37.8 Å². The summed E-state index contributed by atoms with van der Waals surface area (Å²) in [5, 5.41) is 9.28. The van der Waals surface area contributed by atoms with Gasteiger partial charge in [-0.1, -0.05) is 6.07 Å². The Morgan fingerprint density at radius 2 is 1.88 bits per heavy atom. The topological polar surface area (TPSA) is 56.1 Å². The van der Waals surface area contributed by atoms with Crippen molar-refractivity contribution in [3.8, 4) is 6.07 Å². The smallest absolute Gasteiger partial charge is 0.147 e. The highest BCUT2D eigenvalue weighted by atomic mass is 19.1. The van der Waals surface area contributed by atoms with Gasteiger partial charge in [-0.2, -0.15) is 5.26 Å². The summed E-state index contributed by atoms with van der Waals surface area (Å²) in [6.07, 6.45) is 7.65. The molecule has 1 aromatic heterocycles. The van der Waals surface area contributed by atoms with Crippen molar-refractivity contribution >= 4 is 11.5 Å². The average molecular weight is 337 g/mol. The SMILES string of the molecule is N#Cc1cccc(F)c1N1CCC(N(c2ccncn2)C2CC2)CC1. The van der Waals surface area contributed by atoms with E-state index in [1.54, 1.807) is 24.7 Å². The fourth-order valence-corrected chi connectivity index (χ4v) is 3.76. The predicted octanol–water partition coefficient (Wildman–Crippen LogP) is 3.13. The zero-order valence-corrected chi connectivity index (χ0v) is 14.0. The van der Waals surface area contributed by atoms with Crippen molar-refractivity contribution in [2.75, 3.05) is 22.9 Å². The summed E-state index contributed by atoms with van der Waals surface area (Å²) in [6.45, 7) is 1.49. The number of para-hydroxylation sites is 1. The van der Waals surface area contributed by atoms with Gasteiger partial charge in [-0.25, -0.2) is 14.4 Å². The highest BCUT2D eigenvalue weighted by Gasteiger charge is 2.36. The molecule has 2 aliphatic rings. The lowest BCUT2D eigenvalue weighted by molar-refractivity contribution is 0.455. The third-order valence-electron chi connectivity index (χ3n) is 5.05.